The zero-order valence-electron chi connectivity index (χ0n) is 10.3. The van der Waals surface area contributed by atoms with Crippen molar-refractivity contribution in [3.05, 3.63) is 41.2 Å². The number of rotatable bonds is 5. The average molecular weight is 282 g/mol. The van der Waals surface area contributed by atoms with Crippen molar-refractivity contribution in [2.24, 2.45) is 0 Å². The number of nitrogens with zero attached hydrogens (tertiary/aromatic N) is 1. The Kier molecular flexibility index (Phi) is 4.74. The Hall–Kier alpha value is -0.910. The zero-order valence-corrected chi connectivity index (χ0v) is 11.9. The van der Waals surface area contributed by atoms with Gasteiger partial charge in [-0.3, -0.25) is 0 Å². The maximum atomic E-state index is 13.4. The van der Waals surface area contributed by atoms with Gasteiger partial charge in [-0.1, -0.05) is 18.7 Å². The Balaban J connectivity index is 2.28. The van der Waals surface area contributed by atoms with Gasteiger partial charge in [-0.15, -0.1) is 11.3 Å². The minimum absolute atomic E-state index is 0.133. The number of thiazole rings is 1. The van der Waals surface area contributed by atoms with Crippen LogP contribution in [0.3, 0.4) is 0 Å². The molecule has 0 fully saturated rings. The summed E-state index contributed by atoms with van der Waals surface area (Å²) in [6.45, 7) is 4.95. The van der Waals surface area contributed by atoms with Crippen molar-refractivity contribution >= 4 is 23.1 Å². The Labute approximate surface area is 115 Å². The second kappa shape index (κ2) is 6.31. The van der Waals surface area contributed by atoms with Crippen LogP contribution in [0.4, 0.5) is 4.39 Å². The van der Waals surface area contributed by atoms with Gasteiger partial charge in [0, 0.05) is 22.5 Å². The highest BCUT2D eigenvalue weighted by atomic mass is 32.2. The molecule has 2 nitrogen and oxygen atoms in total. The van der Waals surface area contributed by atoms with Crippen molar-refractivity contribution < 1.29 is 4.39 Å². The topological polar surface area (TPSA) is 24.9 Å². The molecule has 0 amide bonds. The van der Waals surface area contributed by atoms with Gasteiger partial charge in [0.1, 0.15) is 5.82 Å². The number of hydrogen-bond donors (Lipinski definition) is 1. The number of benzene rings is 1. The van der Waals surface area contributed by atoms with Crippen LogP contribution in [0.2, 0.25) is 0 Å². The molecule has 0 bridgehead atoms. The van der Waals surface area contributed by atoms with Gasteiger partial charge >= 0.3 is 0 Å². The number of aromatic nitrogens is 1. The lowest BCUT2D eigenvalue weighted by Crippen LogP contribution is -2.18. The molecule has 0 radical (unpaired) electrons. The molecule has 1 N–H and O–H groups in total. The minimum atomic E-state index is -0.196. The lowest BCUT2D eigenvalue weighted by atomic mass is 10.1. The van der Waals surface area contributed by atoms with Crippen molar-refractivity contribution in [1.29, 1.82) is 0 Å². The second-order valence-electron chi connectivity index (χ2n) is 3.86. The van der Waals surface area contributed by atoms with Crippen LogP contribution in [-0.4, -0.2) is 11.5 Å². The lowest BCUT2D eigenvalue weighted by molar-refractivity contribution is 0.574. The van der Waals surface area contributed by atoms with E-state index in [2.05, 4.69) is 10.3 Å². The molecule has 0 aliphatic rings. The molecule has 1 unspecified atom stereocenters. The van der Waals surface area contributed by atoms with E-state index < -0.39 is 0 Å². The van der Waals surface area contributed by atoms with Gasteiger partial charge in [0.25, 0.3) is 0 Å². The summed E-state index contributed by atoms with van der Waals surface area (Å²) in [6, 6.07) is 5.06. The van der Waals surface area contributed by atoms with Crippen LogP contribution in [0.15, 0.2) is 39.0 Å². The van der Waals surface area contributed by atoms with E-state index >= 15 is 0 Å². The SMILES string of the molecule is CCNC(C)c1cc(F)ccc1Sc1nccs1. The molecule has 2 aromatic rings. The summed E-state index contributed by atoms with van der Waals surface area (Å²) in [6.07, 6.45) is 1.78. The number of halogens is 1. The molecule has 1 atom stereocenters. The molecule has 0 spiro atoms. The zero-order chi connectivity index (χ0) is 13.0. The third kappa shape index (κ3) is 3.31. The highest BCUT2D eigenvalue weighted by Gasteiger charge is 2.12. The molecule has 0 saturated heterocycles. The first-order chi connectivity index (χ1) is 8.70. The first kappa shape index (κ1) is 13.5. The van der Waals surface area contributed by atoms with Gasteiger partial charge < -0.3 is 5.32 Å². The molecule has 96 valence electrons. The van der Waals surface area contributed by atoms with E-state index in [0.29, 0.717) is 0 Å². The Morgan fingerprint density at radius 2 is 2.33 bits per heavy atom. The largest absolute Gasteiger partial charge is 0.310 e. The van der Waals surface area contributed by atoms with Gasteiger partial charge in [0.15, 0.2) is 4.34 Å². The van der Waals surface area contributed by atoms with E-state index in [0.717, 1.165) is 21.3 Å². The van der Waals surface area contributed by atoms with E-state index in [4.69, 9.17) is 0 Å². The highest BCUT2D eigenvalue weighted by Crippen LogP contribution is 2.34. The van der Waals surface area contributed by atoms with Gasteiger partial charge in [-0.05, 0) is 37.2 Å². The monoisotopic (exact) mass is 282 g/mol. The fourth-order valence-electron chi connectivity index (χ4n) is 1.72. The third-order valence-corrected chi connectivity index (χ3v) is 4.53. The Morgan fingerprint density at radius 1 is 1.50 bits per heavy atom. The molecule has 0 aliphatic carbocycles. The molecule has 0 aliphatic heterocycles. The van der Waals surface area contributed by atoms with Crippen LogP contribution in [0.1, 0.15) is 25.5 Å². The van der Waals surface area contributed by atoms with Gasteiger partial charge in [0.05, 0.1) is 0 Å². The standard InChI is InChI=1S/C13H15FN2S2/c1-3-15-9(2)11-8-10(14)4-5-12(11)18-13-16-6-7-17-13/h4-9,15H,3H2,1-2H3. The molecular weight excluding hydrogens is 267 g/mol. The third-order valence-electron chi connectivity index (χ3n) is 2.56. The summed E-state index contributed by atoms with van der Waals surface area (Å²) in [5, 5.41) is 5.26. The molecular formula is C13H15FN2S2. The Morgan fingerprint density at radius 3 is 3.00 bits per heavy atom. The second-order valence-corrected chi connectivity index (χ2v) is 6.05. The predicted octanol–water partition coefficient (Wildman–Crippen LogP) is 4.10. The Bertz CT molecular complexity index is 500. The molecule has 2 rings (SSSR count). The van der Waals surface area contributed by atoms with Crippen molar-refractivity contribution in [1.82, 2.24) is 10.3 Å². The summed E-state index contributed by atoms with van der Waals surface area (Å²) < 4.78 is 14.4. The van der Waals surface area contributed by atoms with Crippen LogP contribution < -0.4 is 5.32 Å². The maximum absolute atomic E-state index is 13.4. The summed E-state index contributed by atoms with van der Waals surface area (Å²) in [4.78, 5) is 5.30. The first-order valence-corrected chi connectivity index (χ1v) is 7.50. The van der Waals surface area contributed by atoms with Gasteiger partial charge in [-0.25, -0.2) is 9.37 Å². The average Bonchev–Trinajstić information content (AvgIpc) is 2.84. The van der Waals surface area contributed by atoms with E-state index in [1.807, 2.05) is 25.3 Å². The molecule has 5 heteroatoms. The quantitative estimate of drug-likeness (QED) is 0.893. The minimum Gasteiger partial charge on any atom is -0.310 e. The van der Waals surface area contributed by atoms with E-state index in [1.165, 1.54) is 6.07 Å². The van der Waals surface area contributed by atoms with Crippen LogP contribution in [-0.2, 0) is 0 Å². The first-order valence-electron chi connectivity index (χ1n) is 5.81. The summed E-state index contributed by atoms with van der Waals surface area (Å²) in [5.74, 6) is -0.196. The molecule has 18 heavy (non-hydrogen) atoms. The van der Waals surface area contributed by atoms with E-state index in [1.54, 1.807) is 35.4 Å². The van der Waals surface area contributed by atoms with Gasteiger partial charge in [0.2, 0.25) is 0 Å². The van der Waals surface area contributed by atoms with Crippen molar-refractivity contribution in [3.8, 4) is 0 Å². The van der Waals surface area contributed by atoms with E-state index in [9.17, 15) is 4.39 Å². The summed E-state index contributed by atoms with van der Waals surface area (Å²) >= 11 is 3.18. The van der Waals surface area contributed by atoms with E-state index in [-0.39, 0.29) is 11.9 Å². The van der Waals surface area contributed by atoms with Crippen molar-refractivity contribution in [3.63, 3.8) is 0 Å². The van der Waals surface area contributed by atoms with Crippen LogP contribution in [0.5, 0.6) is 0 Å². The fourth-order valence-corrected chi connectivity index (χ4v) is 3.50. The predicted molar refractivity (Wildman–Crippen MR) is 74.7 cm³/mol. The van der Waals surface area contributed by atoms with Gasteiger partial charge in [-0.2, -0.15) is 0 Å². The maximum Gasteiger partial charge on any atom is 0.154 e. The van der Waals surface area contributed by atoms with Crippen molar-refractivity contribution in [2.75, 3.05) is 6.54 Å². The number of hydrogen-bond acceptors (Lipinski definition) is 4. The van der Waals surface area contributed by atoms with Crippen molar-refractivity contribution in [2.45, 2.75) is 29.1 Å². The lowest BCUT2D eigenvalue weighted by Gasteiger charge is -2.16. The molecule has 1 aromatic carbocycles. The normalized spacial score (nSPS) is 12.6. The summed E-state index contributed by atoms with van der Waals surface area (Å²) in [7, 11) is 0. The fraction of sp³-hybridized carbons (Fsp3) is 0.308. The smallest absolute Gasteiger partial charge is 0.154 e. The molecule has 0 saturated carbocycles. The van der Waals surface area contributed by atoms with Crippen LogP contribution >= 0.6 is 23.1 Å². The number of nitrogens with one attached hydrogen (secondary N) is 1. The summed E-state index contributed by atoms with van der Waals surface area (Å²) in [5.41, 5.74) is 0.983. The molecule has 1 heterocycles. The van der Waals surface area contributed by atoms with Crippen LogP contribution in [0.25, 0.3) is 0 Å². The van der Waals surface area contributed by atoms with Crippen LogP contribution in [0, 0.1) is 5.82 Å². The highest BCUT2D eigenvalue weighted by molar-refractivity contribution is 8.01. The molecule has 1 aromatic heterocycles.